The van der Waals surface area contributed by atoms with Gasteiger partial charge < -0.3 is 4.74 Å². The Labute approximate surface area is 88.9 Å². The molecule has 0 saturated heterocycles. The highest BCUT2D eigenvalue weighted by molar-refractivity contribution is 7.98. The predicted octanol–water partition coefficient (Wildman–Crippen LogP) is 3.09. The van der Waals surface area contributed by atoms with Crippen molar-refractivity contribution in [2.75, 3.05) is 6.26 Å². The second kappa shape index (κ2) is 5.56. The summed E-state index contributed by atoms with van der Waals surface area (Å²) in [6.07, 6.45) is 2.40. The third-order valence-electron chi connectivity index (χ3n) is 1.85. The van der Waals surface area contributed by atoms with E-state index in [1.165, 1.54) is 4.90 Å². The molecule has 3 heteroatoms. The summed E-state index contributed by atoms with van der Waals surface area (Å²) >= 11 is 1.69. The van der Waals surface area contributed by atoms with Crippen molar-refractivity contribution in [2.45, 2.75) is 24.3 Å². The SMILES string of the molecule is CCC(C#N)Oc1ccc(SC)cc1. The lowest BCUT2D eigenvalue weighted by atomic mass is 10.3. The van der Waals surface area contributed by atoms with E-state index in [4.69, 9.17) is 10.00 Å². The zero-order valence-electron chi connectivity index (χ0n) is 8.36. The van der Waals surface area contributed by atoms with Gasteiger partial charge in [-0.05, 0) is 36.9 Å². The van der Waals surface area contributed by atoms with E-state index in [9.17, 15) is 0 Å². The molecule has 0 radical (unpaired) electrons. The van der Waals surface area contributed by atoms with Crippen molar-refractivity contribution in [3.05, 3.63) is 24.3 Å². The molecule has 0 fully saturated rings. The highest BCUT2D eigenvalue weighted by Crippen LogP contribution is 2.20. The molecule has 0 aliphatic rings. The molecule has 1 aromatic carbocycles. The maximum atomic E-state index is 8.71. The third-order valence-corrected chi connectivity index (χ3v) is 2.60. The molecule has 0 bridgehead atoms. The Balaban J connectivity index is 2.64. The lowest BCUT2D eigenvalue weighted by Crippen LogP contribution is -2.11. The molecule has 1 aromatic rings. The van der Waals surface area contributed by atoms with E-state index in [0.717, 1.165) is 5.75 Å². The Morgan fingerprint density at radius 3 is 2.50 bits per heavy atom. The monoisotopic (exact) mass is 207 g/mol. The van der Waals surface area contributed by atoms with Crippen LogP contribution in [0.5, 0.6) is 5.75 Å². The first kappa shape index (κ1) is 10.9. The van der Waals surface area contributed by atoms with E-state index < -0.39 is 0 Å². The number of benzene rings is 1. The first-order valence-corrected chi connectivity index (χ1v) is 5.73. The number of thioether (sulfide) groups is 1. The average Bonchev–Trinajstić information content (AvgIpc) is 2.26. The lowest BCUT2D eigenvalue weighted by molar-refractivity contribution is 0.252. The largest absolute Gasteiger partial charge is 0.476 e. The van der Waals surface area contributed by atoms with Gasteiger partial charge in [0.1, 0.15) is 11.8 Å². The fourth-order valence-electron chi connectivity index (χ4n) is 1.02. The fraction of sp³-hybridized carbons (Fsp3) is 0.364. The van der Waals surface area contributed by atoms with Crippen LogP contribution in [0.1, 0.15) is 13.3 Å². The molecule has 0 N–H and O–H groups in total. The topological polar surface area (TPSA) is 33.0 Å². The number of hydrogen-bond donors (Lipinski definition) is 0. The summed E-state index contributed by atoms with van der Waals surface area (Å²) < 4.78 is 5.44. The van der Waals surface area contributed by atoms with Gasteiger partial charge in [-0.1, -0.05) is 6.92 Å². The van der Waals surface area contributed by atoms with E-state index in [1.807, 2.05) is 37.4 Å². The molecule has 2 nitrogen and oxygen atoms in total. The van der Waals surface area contributed by atoms with Crippen LogP contribution in [-0.2, 0) is 0 Å². The van der Waals surface area contributed by atoms with Gasteiger partial charge in [-0.3, -0.25) is 0 Å². The van der Waals surface area contributed by atoms with Crippen LogP contribution in [0, 0.1) is 11.3 Å². The number of rotatable bonds is 4. The summed E-state index contributed by atoms with van der Waals surface area (Å²) in [7, 11) is 0. The van der Waals surface area contributed by atoms with Crippen LogP contribution < -0.4 is 4.74 Å². The molecular weight excluding hydrogens is 194 g/mol. The van der Waals surface area contributed by atoms with Gasteiger partial charge in [0.25, 0.3) is 0 Å². The van der Waals surface area contributed by atoms with Crippen molar-refractivity contribution in [3.63, 3.8) is 0 Å². The Kier molecular flexibility index (Phi) is 4.34. The summed E-state index contributed by atoms with van der Waals surface area (Å²) in [5.74, 6) is 0.760. The molecule has 1 unspecified atom stereocenters. The summed E-state index contributed by atoms with van der Waals surface area (Å²) in [6.45, 7) is 1.93. The lowest BCUT2D eigenvalue weighted by Gasteiger charge is -2.09. The molecule has 0 saturated carbocycles. The molecule has 0 aliphatic carbocycles. The Morgan fingerprint density at radius 1 is 1.43 bits per heavy atom. The van der Waals surface area contributed by atoms with Gasteiger partial charge in [-0.15, -0.1) is 11.8 Å². The van der Waals surface area contributed by atoms with Gasteiger partial charge in [0.05, 0.1) is 0 Å². The molecule has 0 aromatic heterocycles. The van der Waals surface area contributed by atoms with Gasteiger partial charge in [-0.2, -0.15) is 5.26 Å². The van der Waals surface area contributed by atoms with Crippen molar-refractivity contribution < 1.29 is 4.74 Å². The first-order valence-electron chi connectivity index (χ1n) is 4.50. The van der Waals surface area contributed by atoms with Gasteiger partial charge in [0.15, 0.2) is 6.10 Å². The van der Waals surface area contributed by atoms with Crippen LogP contribution >= 0.6 is 11.8 Å². The van der Waals surface area contributed by atoms with Crippen molar-refractivity contribution in [2.24, 2.45) is 0 Å². The highest BCUT2D eigenvalue weighted by atomic mass is 32.2. The smallest absolute Gasteiger partial charge is 0.184 e. The molecule has 1 atom stereocenters. The van der Waals surface area contributed by atoms with E-state index in [0.29, 0.717) is 6.42 Å². The highest BCUT2D eigenvalue weighted by Gasteiger charge is 2.05. The molecule has 0 spiro atoms. The molecule has 1 rings (SSSR count). The van der Waals surface area contributed by atoms with Crippen molar-refractivity contribution in [1.29, 1.82) is 5.26 Å². The van der Waals surface area contributed by atoms with Gasteiger partial charge in [-0.25, -0.2) is 0 Å². The van der Waals surface area contributed by atoms with E-state index in [-0.39, 0.29) is 6.10 Å². The molecular formula is C11H13NOS. The maximum Gasteiger partial charge on any atom is 0.184 e. The summed E-state index contributed by atoms with van der Waals surface area (Å²) in [4.78, 5) is 1.20. The van der Waals surface area contributed by atoms with Crippen LogP contribution in [0.15, 0.2) is 29.2 Å². The van der Waals surface area contributed by atoms with Crippen molar-refractivity contribution >= 4 is 11.8 Å². The normalized spacial score (nSPS) is 11.8. The molecule has 0 amide bonds. The minimum Gasteiger partial charge on any atom is -0.476 e. The number of nitriles is 1. The van der Waals surface area contributed by atoms with E-state index in [2.05, 4.69) is 6.07 Å². The number of ether oxygens (including phenoxy) is 1. The van der Waals surface area contributed by atoms with Gasteiger partial charge >= 0.3 is 0 Å². The predicted molar refractivity (Wildman–Crippen MR) is 58.5 cm³/mol. The second-order valence-electron chi connectivity index (χ2n) is 2.82. The fourth-order valence-corrected chi connectivity index (χ4v) is 1.43. The number of nitrogens with zero attached hydrogens (tertiary/aromatic N) is 1. The van der Waals surface area contributed by atoms with Gasteiger partial charge in [0, 0.05) is 4.90 Å². The van der Waals surface area contributed by atoms with Crippen LogP contribution in [0.2, 0.25) is 0 Å². The maximum absolute atomic E-state index is 8.71. The zero-order valence-corrected chi connectivity index (χ0v) is 9.17. The Bertz CT molecular complexity index is 315. The van der Waals surface area contributed by atoms with E-state index >= 15 is 0 Å². The summed E-state index contributed by atoms with van der Waals surface area (Å²) in [5.41, 5.74) is 0. The van der Waals surface area contributed by atoms with Crippen LogP contribution in [-0.4, -0.2) is 12.4 Å². The molecule has 0 heterocycles. The first-order chi connectivity index (χ1) is 6.80. The van der Waals surface area contributed by atoms with Gasteiger partial charge in [0.2, 0.25) is 0 Å². The molecule has 0 aliphatic heterocycles. The summed E-state index contributed by atoms with van der Waals surface area (Å²) in [6, 6.07) is 9.87. The van der Waals surface area contributed by atoms with Crippen molar-refractivity contribution in [3.8, 4) is 11.8 Å². The standard InChI is InChI=1S/C11H13NOS/c1-3-9(8-12)13-10-4-6-11(14-2)7-5-10/h4-7,9H,3H2,1-2H3. The second-order valence-corrected chi connectivity index (χ2v) is 3.70. The van der Waals surface area contributed by atoms with Crippen LogP contribution in [0.4, 0.5) is 0 Å². The zero-order chi connectivity index (χ0) is 10.4. The number of hydrogen-bond acceptors (Lipinski definition) is 3. The summed E-state index contributed by atoms with van der Waals surface area (Å²) in [5, 5.41) is 8.71. The third kappa shape index (κ3) is 2.97. The van der Waals surface area contributed by atoms with E-state index in [1.54, 1.807) is 11.8 Å². The molecule has 14 heavy (non-hydrogen) atoms. The minimum absolute atomic E-state index is 0.338. The quantitative estimate of drug-likeness (QED) is 0.711. The Morgan fingerprint density at radius 2 is 2.07 bits per heavy atom. The van der Waals surface area contributed by atoms with Crippen molar-refractivity contribution in [1.82, 2.24) is 0 Å². The van der Waals surface area contributed by atoms with Crippen LogP contribution in [0.25, 0.3) is 0 Å². The molecule has 74 valence electrons. The van der Waals surface area contributed by atoms with Crippen LogP contribution in [0.3, 0.4) is 0 Å². The Hall–Kier alpha value is -1.14. The average molecular weight is 207 g/mol. The minimum atomic E-state index is -0.338.